The van der Waals surface area contributed by atoms with Crippen LogP contribution in [-0.4, -0.2) is 36.5 Å². The number of anilines is 1. The number of nitrogens with two attached hydrogens (primary N) is 1. The molecule has 1 aromatic carbocycles. The van der Waals surface area contributed by atoms with Crippen molar-refractivity contribution in [2.45, 2.75) is 12.5 Å². The maximum atomic E-state index is 11.8. The summed E-state index contributed by atoms with van der Waals surface area (Å²) in [6.07, 6.45) is 0.442. The summed E-state index contributed by atoms with van der Waals surface area (Å²) in [7, 11) is 1.29. The Kier molecular flexibility index (Phi) is 7.88. The number of ether oxygens (including phenoxy) is 1. The zero-order chi connectivity index (χ0) is 15.8. The summed E-state index contributed by atoms with van der Waals surface area (Å²) < 4.78 is 4.51. The van der Waals surface area contributed by atoms with E-state index in [1.165, 1.54) is 18.9 Å². The van der Waals surface area contributed by atoms with Gasteiger partial charge < -0.3 is 15.8 Å². The van der Waals surface area contributed by atoms with Gasteiger partial charge in [0.1, 0.15) is 6.04 Å². The standard InChI is InChI=1S/C13H16Cl2N2O3S/c1-20-13(19)10(16)5-6-21-7-11(18)17-12-8(14)3-2-4-9(12)15/h2-4,10H,5-7,16H2,1H3,(H,17,18). The second-order valence-corrected chi connectivity index (χ2v) is 6.04. The molecule has 1 unspecified atom stereocenters. The van der Waals surface area contributed by atoms with Crippen LogP contribution in [0.3, 0.4) is 0 Å². The minimum Gasteiger partial charge on any atom is -0.468 e. The fourth-order valence-electron chi connectivity index (χ4n) is 1.44. The van der Waals surface area contributed by atoms with Crippen LogP contribution in [-0.2, 0) is 14.3 Å². The summed E-state index contributed by atoms with van der Waals surface area (Å²) >= 11 is 13.3. The van der Waals surface area contributed by atoms with E-state index in [1.807, 2.05) is 0 Å². The molecule has 0 fully saturated rings. The third kappa shape index (κ3) is 6.13. The monoisotopic (exact) mass is 350 g/mol. The van der Waals surface area contributed by atoms with Gasteiger partial charge in [0.25, 0.3) is 0 Å². The average molecular weight is 351 g/mol. The van der Waals surface area contributed by atoms with E-state index >= 15 is 0 Å². The highest BCUT2D eigenvalue weighted by Crippen LogP contribution is 2.29. The van der Waals surface area contributed by atoms with E-state index in [-0.39, 0.29) is 11.7 Å². The smallest absolute Gasteiger partial charge is 0.322 e. The Morgan fingerprint density at radius 3 is 2.57 bits per heavy atom. The van der Waals surface area contributed by atoms with Crippen LogP contribution in [0.25, 0.3) is 0 Å². The molecular formula is C13H16Cl2N2O3S. The minimum absolute atomic E-state index is 0.218. The van der Waals surface area contributed by atoms with Crippen molar-refractivity contribution < 1.29 is 14.3 Å². The molecule has 1 aromatic rings. The maximum Gasteiger partial charge on any atom is 0.322 e. The number of esters is 1. The highest BCUT2D eigenvalue weighted by atomic mass is 35.5. The van der Waals surface area contributed by atoms with Crippen molar-refractivity contribution in [2.75, 3.05) is 23.9 Å². The zero-order valence-corrected chi connectivity index (χ0v) is 13.7. The van der Waals surface area contributed by atoms with Crippen molar-refractivity contribution in [3.8, 4) is 0 Å². The van der Waals surface area contributed by atoms with Crippen molar-refractivity contribution in [1.82, 2.24) is 0 Å². The first kappa shape index (κ1) is 18.1. The molecule has 0 radical (unpaired) electrons. The van der Waals surface area contributed by atoms with Crippen LogP contribution in [0.15, 0.2) is 18.2 Å². The normalized spacial score (nSPS) is 11.8. The Balaban J connectivity index is 2.34. The predicted octanol–water partition coefficient (Wildman–Crippen LogP) is 2.56. The second kappa shape index (κ2) is 9.15. The third-order valence-corrected chi connectivity index (χ3v) is 4.16. The Hall–Kier alpha value is -0.950. The number of methoxy groups -OCH3 is 1. The van der Waals surface area contributed by atoms with Gasteiger partial charge in [-0.15, -0.1) is 0 Å². The Morgan fingerprint density at radius 1 is 1.38 bits per heavy atom. The molecule has 5 nitrogen and oxygen atoms in total. The number of nitrogens with one attached hydrogen (secondary N) is 1. The Morgan fingerprint density at radius 2 is 2.00 bits per heavy atom. The van der Waals surface area contributed by atoms with E-state index in [1.54, 1.807) is 18.2 Å². The number of thioether (sulfide) groups is 1. The van der Waals surface area contributed by atoms with E-state index < -0.39 is 12.0 Å². The molecule has 0 aliphatic rings. The van der Waals surface area contributed by atoms with Gasteiger partial charge in [-0.1, -0.05) is 29.3 Å². The van der Waals surface area contributed by atoms with Crippen molar-refractivity contribution in [3.63, 3.8) is 0 Å². The number of hydrogen-bond acceptors (Lipinski definition) is 5. The van der Waals surface area contributed by atoms with Gasteiger partial charge in [0.15, 0.2) is 0 Å². The maximum absolute atomic E-state index is 11.8. The first-order valence-corrected chi connectivity index (χ1v) is 8.01. The molecule has 0 aliphatic heterocycles. The quantitative estimate of drug-likeness (QED) is 0.583. The lowest BCUT2D eigenvalue weighted by atomic mass is 10.2. The van der Waals surface area contributed by atoms with Crippen molar-refractivity contribution in [1.29, 1.82) is 0 Å². The molecule has 1 rings (SSSR count). The SMILES string of the molecule is COC(=O)C(N)CCSCC(=O)Nc1c(Cl)cccc1Cl. The largest absolute Gasteiger partial charge is 0.468 e. The number of carbonyl (C=O) groups is 2. The van der Waals surface area contributed by atoms with Gasteiger partial charge in [-0.3, -0.25) is 9.59 Å². The summed E-state index contributed by atoms with van der Waals surface area (Å²) in [4.78, 5) is 22.9. The third-order valence-electron chi connectivity index (χ3n) is 2.54. The predicted molar refractivity (Wildman–Crippen MR) is 87.0 cm³/mol. The van der Waals surface area contributed by atoms with Gasteiger partial charge in [-0.25, -0.2) is 0 Å². The van der Waals surface area contributed by atoms with E-state index in [0.717, 1.165) is 0 Å². The summed E-state index contributed by atoms with van der Waals surface area (Å²) in [5.74, 6) is 0.111. The Labute approximate surface area is 137 Å². The molecule has 3 N–H and O–H groups in total. The first-order valence-electron chi connectivity index (χ1n) is 6.10. The molecule has 0 saturated carbocycles. The lowest BCUT2D eigenvalue weighted by Crippen LogP contribution is -2.32. The molecule has 0 aliphatic carbocycles. The van der Waals surface area contributed by atoms with Crippen LogP contribution in [0, 0.1) is 0 Å². The number of halogens is 2. The molecule has 0 aromatic heterocycles. The Bertz CT molecular complexity index is 494. The van der Waals surface area contributed by atoms with Gasteiger partial charge >= 0.3 is 5.97 Å². The molecule has 116 valence electrons. The topological polar surface area (TPSA) is 81.4 Å². The van der Waals surface area contributed by atoms with Crippen LogP contribution in [0.1, 0.15) is 6.42 Å². The number of carbonyl (C=O) groups excluding carboxylic acids is 2. The van der Waals surface area contributed by atoms with Crippen LogP contribution < -0.4 is 11.1 Å². The van der Waals surface area contributed by atoms with Gasteiger partial charge in [-0.2, -0.15) is 11.8 Å². The molecule has 0 heterocycles. The summed E-state index contributed by atoms with van der Waals surface area (Å²) in [6.45, 7) is 0. The van der Waals surface area contributed by atoms with Gasteiger partial charge in [0.2, 0.25) is 5.91 Å². The number of hydrogen-bond donors (Lipinski definition) is 2. The molecule has 1 amide bonds. The molecule has 8 heteroatoms. The number of benzene rings is 1. The van der Waals surface area contributed by atoms with Crippen molar-refractivity contribution in [2.24, 2.45) is 5.73 Å². The molecular weight excluding hydrogens is 335 g/mol. The molecule has 1 atom stereocenters. The van der Waals surface area contributed by atoms with Gasteiger partial charge in [0, 0.05) is 0 Å². The minimum atomic E-state index is -0.663. The van der Waals surface area contributed by atoms with Crippen LogP contribution >= 0.6 is 35.0 Å². The molecule has 0 saturated heterocycles. The molecule has 0 bridgehead atoms. The van der Waals surface area contributed by atoms with Crippen molar-refractivity contribution >= 4 is 52.5 Å². The van der Waals surface area contributed by atoms with E-state index in [0.29, 0.717) is 27.9 Å². The van der Waals surface area contributed by atoms with Crippen LogP contribution in [0.2, 0.25) is 10.0 Å². The second-order valence-electron chi connectivity index (χ2n) is 4.12. The number of rotatable bonds is 7. The van der Waals surface area contributed by atoms with E-state index in [4.69, 9.17) is 28.9 Å². The summed E-state index contributed by atoms with van der Waals surface area (Å²) in [6, 6.07) is 4.32. The zero-order valence-electron chi connectivity index (χ0n) is 11.4. The fourth-order valence-corrected chi connectivity index (χ4v) is 2.75. The summed E-state index contributed by atoms with van der Waals surface area (Å²) in [5.41, 5.74) is 5.99. The highest BCUT2D eigenvalue weighted by Gasteiger charge is 2.14. The van der Waals surface area contributed by atoms with E-state index in [2.05, 4.69) is 10.1 Å². The van der Waals surface area contributed by atoms with Crippen molar-refractivity contribution in [3.05, 3.63) is 28.2 Å². The van der Waals surface area contributed by atoms with E-state index in [9.17, 15) is 9.59 Å². The lowest BCUT2D eigenvalue weighted by molar-refractivity contribution is -0.142. The molecule has 0 spiro atoms. The molecule has 21 heavy (non-hydrogen) atoms. The van der Waals surface area contributed by atoms with Crippen LogP contribution in [0.5, 0.6) is 0 Å². The lowest BCUT2D eigenvalue weighted by Gasteiger charge is -2.10. The van der Waals surface area contributed by atoms with Gasteiger partial charge in [0.05, 0.1) is 28.6 Å². The average Bonchev–Trinajstić information content (AvgIpc) is 2.46. The van der Waals surface area contributed by atoms with Gasteiger partial charge in [-0.05, 0) is 24.3 Å². The van der Waals surface area contributed by atoms with Crippen LogP contribution in [0.4, 0.5) is 5.69 Å². The number of amides is 1. The number of para-hydroxylation sites is 1. The summed E-state index contributed by atoms with van der Waals surface area (Å²) in [5, 5.41) is 3.42. The fraction of sp³-hybridized carbons (Fsp3) is 0.385. The first-order chi connectivity index (χ1) is 9.95. The highest BCUT2D eigenvalue weighted by molar-refractivity contribution is 7.99.